The summed E-state index contributed by atoms with van der Waals surface area (Å²) in [5.41, 5.74) is 0.674. The highest BCUT2D eigenvalue weighted by atomic mass is 16.5. The summed E-state index contributed by atoms with van der Waals surface area (Å²) in [5.74, 6) is 0.913. The van der Waals surface area contributed by atoms with E-state index in [1.165, 1.54) is 44.9 Å². The van der Waals surface area contributed by atoms with E-state index in [4.69, 9.17) is 4.74 Å². The smallest absolute Gasteiger partial charge is 0.0802 e. The van der Waals surface area contributed by atoms with Crippen molar-refractivity contribution in [2.24, 2.45) is 11.3 Å². The summed E-state index contributed by atoms with van der Waals surface area (Å²) in [6.07, 6.45) is 9.31. The molecule has 2 heteroatoms. The van der Waals surface area contributed by atoms with Gasteiger partial charge in [-0.1, -0.05) is 20.8 Å². The van der Waals surface area contributed by atoms with Gasteiger partial charge in [-0.05, 0) is 56.3 Å². The van der Waals surface area contributed by atoms with E-state index in [0.29, 0.717) is 5.41 Å². The van der Waals surface area contributed by atoms with E-state index in [-0.39, 0.29) is 5.60 Å². The molecule has 0 spiro atoms. The number of methoxy groups -OCH3 is 1. The topological polar surface area (TPSA) is 21.3 Å². The van der Waals surface area contributed by atoms with Gasteiger partial charge in [0.25, 0.3) is 0 Å². The Morgan fingerprint density at radius 1 is 1.11 bits per heavy atom. The van der Waals surface area contributed by atoms with Crippen LogP contribution in [0.4, 0.5) is 0 Å². The Kier molecular flexibility index (Phi) is 4.38. The third kappa shape index (κ3) is 3.27. The largest absolute Gasteiger partial charge is 0.377 e. The molecule has 0 atom stereocenters. The van der Waals surface area contributed by atoms with E-state index in [0.717, 1.165) is 18.5 Å². The van der Waals surface area contributed by atoms with Gasteiger partial charge in [-0.3, -0.25) is 0 Å². The van der Waals surface area contributed by atoms with Gasteiger partial charge in [0.15, 0.2) is 0 Å². The van der Waals surface area contributed by atoms with Crippen molar-refractivity contribution in [3.8, 4) is 0 Å². The van der Waals surface area contributed by atoms with Crippen LogP contribution in [0.5, 0.6) is 0 Å². The molecule has 2 rings (SSSR count). The molecule has 1 N–H and O–H groups in total. The maximum atomic E-state index is 5.68. The van der Waals surface area contributed by atoms with E-state index in [9.17, 15) is 0 Å². The highest BCUT2D eigenvalue weighted by molar-refractivity contribution is 4.93. The molecule has 0 aromatic heterocycles. The molecule has 0 heterocycles. The first kappa shape index (κ1) is 14.3. The van der Waals surface area contributed by atoms with Crippen LogP contribution in [0.15, 0.2) is 0 Å². The van der Waals surface area contributed by atoms with Gasteiger partial charge in [0, 0.05) is 19.7 Å². The maximum Gasteiger partial charge on any atom is 0.0802 e. The van der Waals surface area contributed by atoms with Gasteiger partial charge in [-0.15, -0.1) is 0 Å². The second-order valence-electron chi connectivity index (χ2n) is 7.54. The predicted octanol–water partition coefficient (Wildman–Crippen LogP) is 3.75. The first-order valence-corrected chi connectivity index (χ1v) is 7.74. The zero-order valence-corrected chi connectivity index (χ0v) is 12.7. The van der Waals surface area contributed by atoms with Crippen LogP contribution in [0.3, 0.4) is 0 Å². The normalized spacial score (nSPS) is 32.0. The van der Waals surface area contributed by atoms with Crippen LogP contribution in [0, 0.1) is 11.3 Å². The van der Waals surface area contributed by atoms with Crippen LogP contribution < -0.4 is 5.32 Å². The van der Waals surface area contributed by atoms with Crippen LogP contribution in [0.1, 0.15) is 65.7 Å². The van der Waals surface area contributed by atoms with E-state index in [1.54, 1.807) is 0 Å². The van der Waals surface area contributed by atoms with Crippen molar-refractivity contribution in [1.29, 1.82) is 0 Å². The maximum absolute atomic E-state index is 5.68. The van der Waals surface area contributed by atoms with Crippen molar-refractivity contribution in [3.63, 3.8) is 0 Å². The third-order valence-electron chi connectivity index (χ3n) is 5.36. The van der Waals surface area contributed by atoms with Gasteiger partial charge in [-0.2, -0.15) is 0 Å². The Bertz CT molecular complexity index is 251. The lowest BCUT2D eigenvalue weighted by Crippen LogP contribution is -2.51. The molecule has 106 valence electrons. The molecular weight excluding hydrogens is 222 g/mol. The van der Waals surface area contributed by atoms with Crippen molar-refractivity contribution in [2.45, 2.75) is 77.4 Å². The van der Waals surface area contributed by atoms with Gasteiger partial charge < -0.3 is 10.1 Å². The molecule has 0 unspecified atom stereocenters. The Hall–Kier alpha value is -0.0800. The minimum absolute atomic E-state index is 0.181. The molecule has 2 fully saturated rings. The standard InChI is InChI=1S/C16H31NO/c1-15(2,3)13-6-8-14(9-7-13)17-12-16(18-4)10-5-11-16/h13-14,17H,5-12H2,1-4H3. The van der Waals surface area contributed by atoms with Gasteiger partial charge in [0.05, 0.1) is 5.60 Å². The summed E-state index contributed by atoms with van der Waals surface area (Å²) in [7, 11) is 1.87. The van der Waals surface area contributed by atoms with E-state index in [1.807, 2.05) is 7.11 Å². The van der Waals surface area contributed by atoms with Gasteiger partial charge in [-0.25, -0.2) is 0 Å². The molecule has 0 bridgehead atoms. The summed E-state index contributed by atoms with van der Waals surface area (Å²) in [6, 6.07) is 0.733. The monoisotopic (exact) mass is 253 g/mol. The van der Waals surface area contributed by atoms with Gasteiger partial charge in [0.2, 0.25) is 0 Å². The first-order valence-electron chi connectivity index (χ1n) is 7.74. The highest BCUT2D eigenvalue weighted by Crippen LogP contribution is 2.38. The highest BCUT2D eigenvalue weighted by Gasteiger charge is 2.37. The molecule has 2 aliphatic rings. The summed E-state index contributed by atoms with van der Waals surface area (Å²) >= 11 is 0. The van der Waals surface area contributed by atoms with Gasteiger partial charge >= 0.3 is 0 Å². The molecule has 0 amide bonds. The Morgan fingerprint density at radius 3 is 2.11 bits per heavy atom. The fourth-order valence-electron chi connectivity index (χ4n) is 3.52. The first-order chi connectivity index (χ1) is 8.45. The molecule has 18 heavy (non-hydrogen) atoms. The zero-order chi connectivity index (χ0) is 13.2. The van der Waals surface area contributed by atoms with Crippen molar-refractivity contribution in [3.05, 3.63) is 0 Å². The fraction of sp³-hybridized carbons (Fsp3) is 1.00. The lowest BCUT2D eigenvalue weighted by atomic mass is 9.71. The lowest BCUT2D eigenvalue weighted by Gasteiger charge is -2.43. The molecule has 2 aliphatic carbocycles. The van der Waals surface area contributed by atoms with Gasteiger partial charge in [0.1, 0.15) is 0 Å². The minimum atomic E-state index is 0.181. The number of ether oxygens (including phenoxy) is 1. The Morgan fingerprint density at radius 2 is 1.72 bits per heavy atom. The van der Waals surface area contributed by atoms with Crippen molar-refractivity contribution < 1.29 is 4.74 Å². The molecule has 0 aromatic rings. The summed E-state index contributed by atoms with van der Waals surface area (Å²) < 4.78 is 5.68. The number of hydrogen-bond acceptors (Lipinski definition) is 2. The van der Waals surface area contributed by atoms with Crippen LogP contribution in [0.25, 0.3) is 0 Å². The third-order valence-corrected chi connectivity index (χ3v) is 5.36. The molecule has 0 aliphatic heterocycles. The number of rotatable bonds is 4. The van der Waals surface area contributed by atoms with Crippen LogP contribution >= 0.6 is 0 Å². The quantitative estimate of drug-likeness (QED) is 0.824. The Labute approximate surface area is 113 Å². The van der Waals surface area contributed by atoms with E-state index < -0.39 is 0 Å². The SMILES string of the molecule is COC1(CNC2CCC(C(C)(C)C)CC2)CCC1. The molecule has 2 saturated carbocycles. The van der Waals surface area contributed by atoms with Crippen LogP contribution in [0.2, 0.25) is 0 Å². The summed E-state index contributed by atoms with van der Waals surface area (Å²) in [5, 5.41) is 3.76. The molecular formula is C16H31NO. The number of nitrogens with one attached hydrogen (secondary N) is 1. The predicted molar refractivity (Wildman–Crippen MR) is 76.8 cm³/mol. The average molecular weight is 253 g/mol. The summed E-state index contributed by atoms with van der Waals surface area (Å²) in [6.45, 7) is 8.23. The minimum Gasteiger partial charge on any atom is -0.377 e. The fourth-order valence-corrected chi connectivity index (χ4v) is 3.52. The van der Waals surface area contributed by atoms with Crippen LogP contribution in [-0.4, -0.2) is 25.3 Å². The average Bonchev–Trinajstić information content (AvgIpc) is 2.28. The van der Waals surface area contributed by atoms with E-state index >= 15 is 0 Å². The van der Waals surface area contributed by atoms with Crippen LogP contribution in [-0.2, 0) is 4.74 Å². The molecule has 0 radical (unpaired) electrons. The molecule has 2 nitrogen and oxygen atoms in total. The molecule has 0 aromatic carbocycles. The molecule has 0 saturated heterocycles. The van der Waals surface area contributed by atoms with Crippen molar-refractivity contribution in [2.75, 3.05) is 13.7 Å². The second-order valence-corrected chi connectivity index (χ2v) is 7.54. The Balaban J connectivity index is 1.71. The zero-order valence-electron chi connectivity index (χ0n) is 12.7. The van der Waals surface area contributed by atoms with Crippen molar-refractivity contribution in [1.82, 2.24) is 5.32 Å². The summed E-state index contributed by atoms with van der Waals surface area (Å²) in [4.78, 5) is 0. The van der Waals surface area contributed by atoms with Crippen molar-refractivity contribution >= 4 is 0 Å². The second kappa shape index (κ2) is 5.50. The lowest BCUT2D eigenvalue weighted by molar-refractivity contribution is -0.0717. The number of hydrogen-bond donors (Lipinski definition) is 1. The van der Waals surface area contributed by atoms with E-state index in [2.05, 4.69) is 26.1 Å².